The minimum atomic E-state index is -0.252. The maximum absolute atomic E-state index is 12.3. The molecule has 0 aliphatic carbocycles. The van der Waals surface area contributed by atoms with E-state index in [4.69, 9.17) is 4.74 Å². The molecule has 0 saturated carbocycles. The van der Waals surface area contributed by atoms with E-state index in [0.29, 0.717) is 11.0 Å². The van der Waals surface area contributed by atoms with Gasteiger partial charge in [-0.25, -0.2) is 0 Å². The van der Waals surface area contributed by atoms with Gasteiger partial charge in [-0.3, -0.25) is 4.79 Å². The molecule has 146 valence electrons. The molecule has 28 heavy (non-hydrogen) atoms. The molecule has 3 rings (SSSR count). The summed E-state index contributed by atoms with van der Waals surface area (Å²) in [5.41, 5.74) is 2.99. The Balaban J connectivity index is 1.59. The zero-order valence-electron chi connectivity index (χ0n) is 16.5. The Bertz CT molecular complexity index is 956. The number of thioether (sulfide) groups is 1. The summed E-state index contributed by atoms with van der Waals surface area (Å²) in [4.78, 5) is 12.3. The Morgan fingerprint density at radius 1 is 1.18 bits per heavy atom. The molecule has 0 bridgehead atoms. The zero-order chi connectivity index (χ0) is 20.1. The number of amides is 1. The highest BCUT2D eigenvalue weighted by Crippen LogP contribution is 2.24. The summed E-state index contributed by atoms with van der Waals surface area (Å²) >= 11 is 1.35. The monoisotopic (exact) mass is 396 g/mol. The Morgan fingerprint density at radius 2 is 1.93 bits per heavy atom. The molecule has 0 fully saturated rings. The van der Waals surface area contributed by atoms with Crippen molar-refractivity contribution >= 4 is 23.4 Å². The third kappa shape index (κ3) is 4.92. The second-order valence-corrected chi connectivity index (χ2v) is 7.57. The van der Waals surface area contributed by atoms with Crippen molar-refractivity contribution in [3.63, 3.8) is 0 Å². The fourth-order valence-electron chi connectivity index (χ4n) is 2.75. The number of carbonyl (C=O) groups excluding carboxylic acids is 1. The van der Waals surface area contributed by atoms with E-state index in [2.05, 4.69) is 15.5 Å². The summed E-state index contributed by atoms with van der Waals surface area (Å²) in [7, 11) is 1.88. The molecule has 1 N–H and O–H groups in total. The van der Waals surface area contributed by atoms with Gasteiger partial charge in [0, 0.05) is 12.7 Å². The van der Waals surface area contributed by atoms with Crippen molar-refractivity contribution in [1.29, 1.82) is 0 Å². The first-order valence-corrected chi connectivity index (χ1v) is 10.0. The third-order valence-electron chi connectivity index (χ3n) is 4.29. The Morgan fingerprint density at radius 3 is 2.68 bits per heavy atom. The van der Waals surface area contributed by atoms with Crippen LogP contribution in [-0.2, 0) is 11.8 Å². The minimum absolute atomic E-state index is 0.0724. The van der Waals surface area contributed by atoms with E-state index in [1.54, 1.807) is 0 Å². The maximum Gasteiger partial charge on any atom is 0.234 e. The fraction of sp³-hybridized carbons (Fsp3) is 0.286. The van der Waals surface area contributed by atoms with Crippen LogP contribution in [-0.4, -0.2) is 26.4 Å². The number of nitrogens with one attached hydrogen (secondary N) is 1. The number of carbonyl (C=O) groups is 1. The van der Waals surface area contributed by atoms with Crippen LogP contribution in [0.1, 0.15) is 30.0 Å². The fourth-order valence-corrected chi connectivity index (χ4v) is 3.47. The van der Waals surface area contributed by atoms with E-state index in [9.17, 15) is 4.79 Å². The summed E-state index contributed by atoms with van der Waals surface area (Å²) in [6.07, 6.45) is -0.252. The molecule has 0 saturated heterocycles. The first-order chi connectivity index (χ1) is 13.4. The van der Waals surface area contributed by atoms with Gasteiger partial charge in [0.05, 0.1) is 5.75 Å². The molecular formula is C21H24N4O2S. The quantitative estimate of drug-likeness (QED) is 0.603. The van der Waals surface area contributed by atoms with Crippen LogP contribution in [0.4, 0.5) is 5.69 Å². The molecule has 0 spiro atoms. The average Bonchev–Trinajstić information content (AvgIpc) is 3.04. The van der Waals surface area contributed by atoms with Gasteiger partial charge < -0.3 is 14.6 Å². The van der Waals surface area contributed by atoms with Crippen LogP contribution in [0.5, 0.6) is 5.75 Å². The number of anilines is 1. The van der Waals surface area contributed by atoms with Crippen LogP contribution in [0.3, 0.4) is 0 Å². The molecule has 0 radical (unpaired) electrons. The van der Waals surface area contributed by atoms with Gasteiger partial charge in [-0.05, 0) is 50.1 Å². The topological polar surface area (TPSA) is 69.0 Å². The van der Waals surface area contributed by atoms with Crippen molar-refractivity contribution in [1.82, 2.24) is 14.8 Å². The second-order valence-electron chi connectivity index (χ2n) is 6.63. The highest BCUT2D eigenvalue weighted by atomic mass is 32.2. The van der Waals surface area contributed by atoms with Crippen LogP contribution < -0.4 is 10.1 Å². The predicted molar refractivity (Wildman–Crippen MR) is 112 cm³/mol. The third-order valence-corrected chi connectivity index (χ3v) is 5.31. The van der Waals surface area contributed by atoms with Crippen LogP contribution >= 0.6 is 11.8 Å². The molecule has 1 aromatic heterocycles. The molecule has 2 aromatic carbocycles. The molecule has 1 heterocycles. The number of aryl methyl sites for hydroxylation is 2. The Hall–Kier alpha value is -2.80. The number of hydrogen-bond acceptors (Lipinski definition) is 5. The summed E-state index contributed by atoms with van der Waals surface area (Å²) in [6, 6.07) is 15.6. The summed E-state index contributed by atoms with van der Waals surface area (Å²) < 4.78 is 7.78. The van der Waals surface area contributed by atoms with E-state index in [1.165, 1.54) is 11.8 Å². The van der Waals surface area contributed by atoms with Crippen molar-refractivity contribution in [2.75, 3.05) is 11.1 Å². The van der Waals surface area contributed by atoms with Gasteiger partial charge in [0.1, 0.15) is 5.75 Å². The number of aromatic nitrogens is 3. The van der Waals surface area contributed by atoms with Crippen molar-refractivity contribution in [2.24, 2.45) is 7.05 Å². The van der Waals surface area contributed by atoms with Crippen LogP contribution in [0, 0.1) is 13.8 Å². The van der Waals surface area contributed by atoms with Crippen molar-refractivity contribution < 1.29 is 9.53 Å². The number of ether oxygens (including phenoxy) is 1. The molecule has 1 atom stereocenters. The highest BCUT2D eigenvalue weighted by Gasteiger charge is 2.18. The zero-order valence-corrected chi connectivity index (χ0v) is 17.3. The number of para-hydroxylation sites is 1. The van der Waals surface area contributed by atoms with Crippen LogP contribution in [0.15, 0.2) is 53.7 Å². The van der Waals surface area contributed by atoms with Crippen molar-refractivity contribution in [2.45, 2.75) is 32.0 Å². The van der Waals surface area contributed by atoms with Gasteiger partial charge in [-0.2, -0.15) is 0 Å². The van der Waals surface area contributed by atoms with Gasteiger partial charge in [-0.15, -0.1) is 10.2 Å². The van der Waals surface area contributed by atoms with E-state index < -0.39 is 0 Å². The first-order valence-electron chi connectivity index (χ1n) is 9.05. The lowest BCUT2D eigenvalue weighted by Gasteiger charge is -2.14. The van der Waals surface area contributed by atoms with E-state index in [-0.39, 0.29) is 17.8 Å². The molecule has 3 aromatic rings. The number of nitrogens with zero attached hydrogens (tertiary/aromatic N) is 3. The summed E-state index contributed by atoms with van der Waals surface area (Å²) in [5.74, 6) is 1.67. The Labute approximate surface area is 169 Å². The SMILES string of the molecule is Cc1ccc(C)c(NC(=O)CSc2nnc(C(C)Oc3ccccc3)n2C)c1. The van der Waals surface area contributed by atoms with Gasteiger partial charge >= 0.3 is 0 Å². The normalized spacial score (nSPS) is 11.9. The lowest BCUT2D eigenvalue weighted by atomic mass is 10.1. The highest BCUT2D eigenvalue weighted by molar-refractivity contribution is 7.99. The van der Waals surface area contributed by atoms with Gasteiger partial charge in [0.2, 0.25) is 5.91 Å². The van der Waals surface area contributed by atoms with Crippen molar-refractivity contribution in [3.05, 3.63) is 65.5 Å². The van der Waals surface area contributed by atoms with Crippen LogP contribution in [0.2, 0.25) is 0 Å². The number of benzene rings is 2. The largest absolute Gasteiger partial charge is 0.483 e. The first kappa shape index (κ1) is 19.9. The van der Waals surface area contributed by atoms with E-state index in [0.717, 1.165) is 22.6 Å². The van der Waals surface area contributed by atoms with Gasteiger partial charge in [-0.1, -0.05) is 42.1 Å². The summed E-state index contributed by atoms with van der Waals surface area (Å²) in [6.45, 7) is 5.91. The molecule has 0 aliphatic rings. The second kappa shape index (κ2) is 8.93. The van der Waals surface area contributed by atoms with Gasteiger partial charge in [0.15, 0.2) is 17.1 Å². The number of rotatable bonds is 7. The lowest BCUT2D eigenvalue weighted by molar-refractivity contribution is -0.113. The lowest BCUT2D eigenvalue weighted by Crippen LogP contribution is -2.15. The van der Waals surface area contributed by atoms with E-state index >= 15 is 0 Å². The standard InChI is InChI=1S/C21H24N4O2S/c1-14-10-11-15(2)18(12-14)22-19(26)13-28-21-24-23-20(25(21)4)16(3)27-17-8-6-5-7-9-17/h5-12,16H,13H2,1-4H3,(H,22,26). The average molecular weight is 397 g/mol. The molecule has 6 nitrogen and oxygen atoms in total. The van der Waals surface area contributed by atoms with Crippen LogP contribution in [0.25, 0.3) is 0 Å². The van der Waals surface area contributed by atoms with Gasteiger partial charge in [0.25, 0.3) is 0 Å². The maximum atomic E-state index is 12.3. The molecule has 1 amide bonds. The van der Waals surface area contributed by atoms with E-state index in [1.807, 2.05) is 80.9 Å². The number of hydrogen-bond donors (Lipinski definition) is 1. The Kier molecular flexibility index (Phi) is 6.36. The molecule has 0 aliphatic heterocycles. The minimum Gasteiger partial charge on any atom is -0.483 e. The van der Waals surface area contributed by atoms with Crippen molar-refractivity contribution in [3.8, 4) is 5.75 Å². The summed E-state index contributed by atoms with van der Waals surface area (Å²) in [5, 5.41) is 12.1. The molecule has 7 heteroatoms. The molecule has 1 unspecified atom stereocenters. The molecular weight excluding hydrogens is 372 g/mol. The smallest absolute Gasteiger partial charge is 0.234 e. The predicted octanol–water partition coefficient (Wildman–Crippen LogP) is 4.30.